The Morgan fingerprint density at radius 1 is 0.333 bits per heavy atom. The molecule has 2 aliphatic heterocycles. The molecule has 0 unspecified atom stereocenters. The smallest absolute Gasteiger partial charge is 0.162 e. The Morgan fingerprint density at radius 3 is 0.952 bits per heavy atom. The van der Waals surface area contributed by atoms with E-state index in [1.54, 1.807) is 0 Å². The fourth-order valence-electron chi connectivity index (χ4n) is 3.77. The molecule has 0 bridgehead atoms. The number of ether oxygens (including phenoxy) is 10. The molecule has 0 amide bonds. The average Bonchev–Trinajstić information content (AvgIpc) is 3.02. The van der Waals surface area contributed by atoms with E-state index in [1.165, 1.54) is 0 Å². The first-order chi connectivity index (χ1) is 20.9. The Balaban J connectivity index is 1.39. The molecular weight excluding hydrogens is 544 g/mol. The topological polar surface area (TPSA) is 92.3 Å². The maximum Gasteiger partial charge on any atom is 0.162 e. The maximum absolute atomic E-state index is 5.92. The van der Waals surface area contributed by atoms with Crippen molar-refractivity contribution in [1.29, 1.82) is 0 Å². The Hall–Kier alpha value is -3.48. The second-order valence-corrected chi connectivity index (χ2v) is 8.89. The number of fused-ring (bicyclic) bond motifs is 2. The van der Waals surface area contributed by atoms with Gasteiger partial charge in [-0.3, -0.25) is 0 Å². The highest BCUT2D eigenvalue weighted by Gasteiger charge is 2.09. The van der Waals surface area contributed by atoms with E-state index in [-0.39, 0.29) is 0 Å². The first-order valence-corrected chi connectivity index (χ1v) is 14.2. The minimum Gasteiger partial charge on any atom is -0.487 e. The third kappa shape index (κ3) is 12.2. The van der Waals surface area contributed by atoms with E-state index in [0.29, 0.717) is 129 Å². The van der Waals surface area contributed by atoms with Crippen molar-refractivity contribution in [3.63, 3.8) is 0 Å². The molecule has 0 aromatic heterocycles. The van der Waals surface area contributed by atoms with Gasteiger partial charge in [-0.25, -0.2) is 0 Å². The largest absolute Gasteiger partial charge is 0.487 e. The first kappa shape index (κ1) is 31.5. The Kier molecular flexibility index (Phi) is 14.7. The zero-order chi connectivity index (χ0) is 28.9. The van der Waals surface area contributed by atoms with Gasteiger partial charge in [-0.1, -0.05) is 11.8 Å². The molecule has 4 rings (SSSR count). The summed E-state index contributed by atoms with van der Waals surface area (Å²) in [5.74, 6) is 14.4. The van der Waals surface area contributed by atoms with Gasteiger partial charge in [0, 0.05) is 11.1 Å². The predicted octanol–water partition coefficient (Wildman–Crippen LogP) is 2.73. The number of rotatable bonds is 0. The highest BCUT2D eigenvalue weighted by atomic mass is 16.6. The van der Waals surface area contributed by atoms with Crippen LogP contribution < -0.4 is 18.9 Å². The summed E-state index contributed by atoms with van der Waals surface area (Å²) in [6.07, 6.45) is 0. The lowest BCUT2D eigenvalue weighted by Crippen LogP contribution is -2.13. The van der Waals surface area contributed by atoms with E-state index in [4.69, 9.17) is 47.4 Å². The van der Waals surface area contributed by atoms with Crippen LogP contribution in [0.25, 0.3) is 0 Å². The van der Waals surface area contributed by atoms with E-state index < -0.39 is 0 Å². The van der Waals surface area contributed by atoms with Gasteiger partial charge in [0.25, 0.3) is 0 Å². The third-order valence-electron chi connectivity index (χ3n) is 5.79. The van der Waals surface area contributed by atoms with Crippen molar-refractivity contribution in [3.8, 4) is 46.7 Å². The fraction of sp³-hybridized carbons (Fsp3) is 0.500. The quantitative estimate of drug-likeness (QED) is 0.432. The van der Waals surface area contributed by atoms with Gasteiger partial charge < -0.3 is 47.4 Å². The van der Waals surface area contributed by atoms with Crippen LogP contribution in [0.15, 0.2) is 36.4 Å². The molecule has 2 aromatic carbocycles. The van der Waals surface area contributed by atoms with E-state index in [9.17, 15) is 0 Å². The van der Waals surface area contributed by atoms with Crippen molar-refractivity contribution in [3.05, 3.63) is 47.5 Å². The van der Waals surface area contributed by atoms with Crippen LogP contribution in [0.4, 0.5) is 0 Å². The molecule has 0 spiro atoms. The zero-order valence-electron chi connectivity index (χ0n) is 23.9. The fourth-order valence-corrected chi connectivity index (χ4v) is 3.77. The summed E-state index contributed by atoms with van der Waals surface area (Å²) in [6.45, 7) is 7.43. The minimum atomic E-state index is 0.376. The van der Waals surface area contributed by atoms with E-state index in [1.807, 2.05) is 36.4 Å². The van der Waals surface area contributed by atoms with Crippen LogP contribution >= 0.6 is 0 Å². The molecule has 42 heavy (non-hydrogen) atoms. The van der Waals surface area contributed by atoms with Gasteiger partial charge in [0.15, 0.2) is 23.0 Å². The number of benzene rings is 2. The highest BCUT2D eigenvalue weighted by molar-refractivity contribution is 5.52. The van der Waals surface area contributed by atoms with Crippen molar-refractivity contribution in [2.24, 2.45) is 0 Å². The lowest BCUT2D eigenvalue weighted by molar-refractivity contribution is 0.00708. The highest BCUT2D eigenvalue weighted by Crippen LogP contribution is 2.29. The molecule has 0 saturated heterocycles. The summed E-state index contributed by atoms with van der Waals surface area (Å²) in [7, 11) is 0. The maximum atomic E-state index is 5.92. The third-order valence-corrected chi connectivity index (χ3v) is 5.79. The van der Waals surface area contributed by atoms with Crippen molar-refractivity contribution in [2.45, 2.75) is 0 Å². The lowest BCUT2D eigenvalue weighted by Gasteiger charge is -2.13. The van der Waals surface area contributed by atoms with Gasteiger partial charge in [-0.05, 0) is 48.2 Å². The average molecular weight is 583 g/mol. The Labute approximate surface area is 247 Å². The van der Waals surface area contributed by atoms with E-state index in [0.717, 1.165) is 11.1 Å². The first-order valence-electron chi connectivity index (χ1n) is 14.2. The van der Waals surface area contributed by atoms with Crippen LogP contribution in [-0.4, -0.2) is 106 Å². The van der Waals surface area contributed by atoms with Crippen molar-refractivity contribution >= 4 is 0 Å². The summed E-state index contributed by atoms with van der Waals surface area (Å²) in [4.78, 5) is 0. The van der Waals surface area contributed by atoms with E-state index in [2.05, 4.69) is 23.7 Å². The molecule has 0 atom stereocenters. The molecule has 0 N–H and O–H groups in total. The van der Waals surface area contributed by atoms with Crippen molar-refractivity contribution < 1.29 is 47.4 Å². The van der Waals surface area contributed by atoms with Crippen LogP contribution in [-0.2, 0) is 28.4 Å². The van der Waals surface area contributed by atoms with Crippen molar-refractivity contribution in [1.82, 2.24) is 0 Å². The molecule has 2 aliphatic rings. The van der Waals surface area contributed by atoms with Gasteiger partial charge in [0.05, 0.1) is 79.3 Å². The molecule has 0 aliphatic carbocycles. The Morgan fingerprint density at radius 2 is 0.619 bits per heavy atom. The summed E-state index contributed by atoms with van der Waals surface area (Å²) in [6, 6.07) is 11.1. The standard InChI is InChI=1S/C32H38O10/c1(3-27-5-7-29-31(25-27)41-23-19-37-15-11-33-9-13-35-17-21-39-29)2-4-28-6-8-30-32(26-28)42-24-20-38-16-12-34-10-14-36-18-22-40-30/h5-8,25-26H,9-24H2. The Bertz CT molecular complexity index is 1100. The van der Waals surface area contributed by atoms with Crippen molar-refractivity contribution in [2.75, 3.05) is 106 Å². The van der Waals surface area contributed by atoms with Gasteiger partial charge in [0.1, 0.15) is 26.4 Å². The molecule has 0 saturated carbocycles. The second kappa shape index (κ2) is 19.6. The zero-order valence-corrected chi connectivity index (χ0v) is 23.9. The SMILES string of the molecule is C(C#Cc1ccc2c(c1)OCCOCCOCCOCCO2)#Cc1ccc2c(c1)OCCOCCOCCOCCO2. The van der Waals surface area contributed by atoms with Crippen LogP contribution in [0, 0.1) is 23.7 Å². The minimum absolute atomic E-state index is 0.376. The summed E-state index contributed by atoms with van der Waals surface area (Å²) in [5.41, 5.74) is 1.50. The van der Waals surface area contributed by atoms with Crippen LogP contribution in [0.1, 0.15) is 11.1 Å². The summed E-state index contributed by atoms with van der Waals surface area (Å²) < 4.78 is 56.6. The number of hydrogen-bond acceptors (Lipinski definition) is 10. The van der Waals surface area contributed by atoms with Gasteiger partial charge in [-0.2, -0.15) is 0 Å². The molecule has 10 nitrogen and oxygen atoms in total. The lowest BCUT2D eigenvalue weighted by atomic mass is 10.2. The van der Waals surface area contributed by atoms with Crippen LogP contribution in [0.3, 0.4) is 0 Å². The molecule has 2 aromatic rings. The summed E-state index contributed by atoms with van der Waals surface area (Å²) in [5, 5.41) is 0. The van der Waals surface area contributed by atoms with E-state index >= 15 is 0 Å². The normalized spacial score (nSPS) is 18.2. The van der Waals surface area contributed by atoms with Crippen LogP contribution in [0.5, 0.6) is 23.0 Å². The molecule has 0 fully saturated rings. The van der Waals surface area contributed by atoms with Gasteiger partial charge >= 0.3 is 0 Å². The van der Waals surface area contributed by atoms with Gasteiger partial charge in [-0.15, -0.1) is 0 Å². The van der Waals surface area contributed by atoms with Gasteiger partial charge in [0.2, 0.25) is 0 Å². The molecule has 0 radical (unpaired) electrons. The number of hydrogen-bond donors (Lipinski definition) is 0. The van der Waals surface area contributed by atoms with Crippen LogP contribution in [0.2, 0.25) is 0 Å². The monoisotopic (exact) mass is 582 g/mol. The predicted molar refractivity (Wildman–Crippen MR) is 154 cm³/mol. The molecule has 10 heteroatoms. The summed E-state index contributed by atoms with van der Waals surface area (Å²) >= 11 is 0. The molecule has 226 valence electrons. The molecular formula is C32H38O10. The molecule has 2 heterocycles. The second-order valence-electron chi connectivity index (χ2n) is 8.89.